The summed E-state index contributed by atoms with van der Waals surface area (Å²) in [5.74, 6) is 1.13. The van der Waals surface area contributed by atoms with E-state index in [-0.39, 0.29) is 5.41 Å². The molecule has 1 N–H and O–H groups in total. The van der Waals surface area contributed by atoms with Crippen molar-refractivity contribution in [2.75, 3.05) is 0 Å². The summed E-state index contributed by atoms with van der Waals surface area (Å²) < 4.78 is 5.75. The zero-order valence-electron chi connectivity index (χ0n) is 11.2. The summed E-state index contributed by atoms with van der Waals surface area (Å²) in [4.78, 5) is 0. The Labute approximate surface area is 108 Å². The van der Waals surface area contributed by atoms with Crippen LogP contribution in [0.5, 0.6) is 0 Å². The SMILES string of the molecule is CC(C)(C)c1ccc2oc(C(O)C3CC3)cc2c1. The predicted molar refractivity (Wildman–Crippen MR) is 72.6 cm³/mol. The van der Waals surface area contributed by atoms with Gasteiger partial charge in [-0.1, -0.05) is 26.8 Å². The number of aliphatic hydroxyl groups excluding tert-OH is 1. The lowest BCUT2D eigenvalue weighted by atomic mass is 9.86. The van der Waals surface area contributed by atoms with Crippen LogP contribution in [0.1, 0.15) is 51.0 Å². The number of hydrogen-bond donors (Lipinski definition) is 1. The number of rotatable bonds is 2. The van der Waals surface area contributed by atoms with E-state index in [9.17, 15) is 5.11 Å². The number of aliphatic hydroxyl groups is 1. The molecule has 2 nitrogen and oxygen atoms in total. The topological polar surface area (TPSA) is 33.4 Å². The zero-order valence-corrected chi connectivity index (χ0v) is 11.2. The molecule has 1 heterocycles. The number of benzene rings is 1. The molecule has 1 atom stereocenters. The monoisotopic (exact) mass is 244 g/mol. The molecule has 2 aromatic rings. The number of furan rings is 1. The molecule has 0 bridgehead atoms. The van der Waals surface area contributed by atoms with Crippen LogP contribution in [0.25, 0.3) is 11.0 Å². The molecule has 1 saturated carbocycles. The van der Waals surface area contributed by atoms with Gasteiger partial charge in [0.1, 0.15) is 17.4 Å². The molecule has 0 radical (unpaired) electrons. The number of fused-ring (bicyclic) bond motifs is 1. The molecule has 1 fully saturated rings. The second-order valence-corrected chi connectivity index (χ2v) is 6.43. The van der Waals surface area contributed by atoms with Gasteiger partial charge in [-0.25, -0.2) is 0 Å². The molecule has 2 heteroatoms. The molecular formula is C16H20O2. The summed E-state index contributed by atoms with van der Waals surface area (Å²) in [6.07, 6.45) is 1.81. The fourth-order valence-electron chi connectivity index (χ4n) is 2.32. The first-order valence-electron chi connectivity index (χ1n) is 6.67. The van der Waals surface area contributed by atoms with Gasteiger partial charge in [0.05, 0.1) is 0 Å². The largest absolute Gasteiger partial charge is 0.458 e. The van der Waals surface area contributed by atoms with Crippen LogP contribution in [0.4, 0.5) is 0 Å². The second kappa shape index (κ2) is 3.86. The first-order valence-corrected chi connectivity index (χ1v) is 6.67. The van der Waals surface area contributed by atoms with Gasteiger partial charge in [0.25, 0.3) is 0 Å². The molecule has 1 aromatic heterocycles. The molecule has 0 amide bonds. The van der Waals surface area contributed by atoms with Crippen molar-refractivity contribution in [2.45, 2.75) is 45.1 Å². The van der Waals surface area contributed by atoms with Crippen LogP contribution >= 0.6 is 0 Å². The van der Waals surface area contributed by atoms with Gasteiger partial charge in [-0.2, -0.15) is 0 Å². The quantitative estimate of drug-likeness (QED) is 0.860. The fraction of sp³-hybridized carbons (Fsp3) is 0.500. The smallest absolute Gasteiger partial charge is 0.134 e. The number of hydrogen-bond acceptors (Lipinski definition) is 2. The van der Waals surface area contributed by atoms with E-state index in [4.69, 9.17) is 4.42 Å². The van der Waals surface area contributed by atoms with Gasteiger partial charge < -0.3 is 9.52 Å². The molecule has 0 saturated heterocycles. The van der Waals surface area contributed by atoms with Gasteiger partial charge >= 0.3 is 0 Å². The average Bonchev–Trinajstić information content (AvgIpc) is 3.05. The molecule has 96 valence electrons. The minimum absolute atomic E-state index is 0.140. The Morgan fingerprint density at radius 2 is 1.94 bits per heavy atom. The summed E-state index contributed by atoms with van der Waals surface area (Å²) in [6, 6.07) is 8.29. The third-order valence-corrected chi connectivity index (χ3v) is 3.76. The summed E-state index contributed by atoms with van der Waals surface area (Å²) in [7, 11) is 0. The van der Waals surface area contributed by atoms with Crippen molar-refractivity contribution in [3.63, 3.8) is 0 Å². The highest BCUT2D eigenvalue weighted by Gasteiger charge is 2.33. The Balaban J connectivity index is 2.01. The van der Waals surface area contributed by atoms with E-state index >= 15 is 0 Å². The standard InChI is InChI=1S/C16H20O2/c1-16(2,3)12-6-7-13-11(8-12)9-14(18-13)15(17)10-4-5-10/h6-10,15,17H,4-5H2,1-3H3. The first-order chi connectivity index (χ1) is 8.45. The minimum Gasteiger partial charge on any atom is -0.458 e. The molecule has 1 aromatic carbocycles. The van der Waals surface area contributed by atoms with Gasteiger partial charge in [0.15, 0.2) is 0 Å². The van der Waals surface area contributed by atoms with Crippen molar-refractivity contribution in [1.29, 1.82) is 0 Å². The Morgan fingerprint density at radius 1 is 1.22 bits per heavy atom. The van der Waals surface area contributed by atoms with Crippen molar-refractivity contribution in [3.8, 4) is 0 Å². The third-order valence-electron chi connectivity index (χ3n) is 3.76. The van der Waals surface area contributed by atoms with Crippen molar-refractivity contribution in [3.05, 3.63) is 35.6 Å². The van der Waals surface area contributed by atoms with Crippen LogP contribution in [-0.4, -0.2) is 5.11 Å². The molecule has 0 spiro atoms. The first kappa shape index (κ1) is 11.8. The Bertz CT molecular complexity index is 570. The van der Waals surface area contributed by atoms with Crippen molar-refractivity contribution < 1.29 is 9.52 Å². The van der Waals surface area contributed by atoms with E-state index in [1.807, 2.05) is 12.1 Å². The fourth-order valence-corrected chi connectivity index (χ4v) is 2.32. The van der Waals surface area contributed by atoms with Crippen LogP contribution < -0.4 is 0 Å². The highest BCUT2D eigenvalue weighted by Crippen LogP contribution is 2.42. The van der Waals surface area contributed by atoms with Crippen LogP contribution in [0, 0.1) is 5.92 Å². The van der Waals surface area contributed by atoms with Crippen LogP contribution in [0.3, 0.4) is 0 Å². The molecule has 1 unspecified atom stereocenters. The zero-order chi connectivity index (χ0) is 12.9. The Hall–Kier alpha value is -1.28. The maximum atomic E-state index is 10.1. The maximum Gasteiger partial charge on any atom is 0.134 e. The van der Waals surface area contributed by atoms with Crippen molar-refractivity contribution in [2.24, 2.45) is 5.92 Å². The Kier molecular flexibility index (Phi) is 2.53. The van der Waals surface area contributed by atoms with E-state index < -0.39 is 6.10 Å². The molecule has 1 aliphatic rings. The lowest BCUT2D eigenvalue weighted by Crippen LogP contribution is -2.10. The van der Waals surface area contributed by atoms with Crippen molar-refractivity contribution in [1.82, 2.24) is 0 Å². The van der Waals surface area contributed by atoms with Gasteiger partial charge in [0.2, 0.25) is 0 Å². The van der Waals surface area contributed by atoms with E-state index in [2.05, 4.69) is 32.9 Å². The van der Waals surface area contributed by atoms with Gasteiger partial charge in [-0.05, 0) is 47.9 Å². The minimum atomic E-state index is -0.421. The molecular weight excluding hydrogens is 224 g/mol. The lowest BCUT2D eigenvalue weighted by Gasteiger charge is -2.18. The highest BCUT2D eigenvalue weighted by molar-refractivity contribution is 5.79. The summed E-state index contributed by atoms with van der Waals surface area (Å²) in [5, 5.41) is 11.2. The van der Waals surface area contributed by atoms with Crippen LogP contribution in [0.2, 0.25) is 0 Å². The molecule has 0 aliphatic heterocycles. The second-order valence-electron chi connectivity index (χ2n) is 6.43. The van der Waals surface area contributed by atoms with Crippen molar-refractivity contribution >= 4 is 11.0 Å². The Morgan fingerprint density at radius 3 is 2.56 bits per heavy atom. The lowest BCUT2D eigenvalue weighted by molar-refractivity contribution is 0.129. The summed E-state index contributed by atoms with van der Waals surface area (Å²) >= 11 is 0. The normalized spacial score (nSPS) is 18.2. The maximum absolute atomic E-state index is 10.1. The van der Waals surface area contributed by atoms with Gasteiger partial charge in [-0.3, -0.25) is 0 Å². The molecule has 3 rings (SSSR count). The highest BCUT2D eigenvalue weighted by atomic mass is 16.4. The molecule has 1 aliphatic carbocycles. The van der Waals surface area contributed by atoms with E-state index in [1.165, 1.54) is 5.56 Å². The van der Waals surface area contributed by atoms with Gasteiger partial charge in [0, 0.05) is 5.39 Å². The summed E-state index contributed by atoms with van der Waals surface area (Å²) in [6.45, 7) is 6.61. The van der Waals surface area contributed by atoms with E-state index in [0.717, 1.165) is 29.6 Å². The van der Waals surface area contributed by atoms with E-state index in [1.54, 1.807) is 0 Å². The average molecular weight is 244 g/mol. The molecule has 18 heavy (non-hydrogen) atoms. The van der Waals surface area contributed by atoms with Crippen LogP contribution in [-0.2, 0) is 5.41 Å². The summed E-state index contributed by atoms with van der Waals surface area (Å²) in [5.41, 5.74) is 2.31. The van der Waals surface area contributed by atoms with E-state index in [0.29, 0.717) is 5.92 Å². The van der Waals surface area contributed by atoms with Crippen LogP contribution in [0.15, 0.2) is 28.7 Å². The predicted octanol–water partition coefficient (Wildman–Crippen LogP) is 4.17. The van der Waals surface area contributed by atoms with Gasteiger partial charge in [-0.15, -0.1) is 0 Å². The third kappa shape index (κ3) is 2.05.